The number of rotatable bonds is 4. The van der Waals surface area contributed by atoms with Gasteiger partial charge in [0.2, 0.25) is 0 Å². The third-order valence-electron chi connectivity index (χ3n) is 5.87. The predicted molar refractivity (Wildman–Crippen MR) is 85.0 cm³/mol. The van der Waals surface area contributed by atoms with Gasteiger partial charge < -0.3 is 10.6 Å². The largest absolute Gasteiger partial charge is 0.369 e. The van der Waals surface area contributed by atoms with E-state index in [1.165, 1.54) is 25.0 Å². The molecule has 2 aliphatic rings. The van der Waals surface area contributed by atoms with Crippen molar-refractivity contribution in [2.24, 2.45) is 11.1 Å². The van der Waals surface area contributed by atoms with Crippen molar-refractivity contribution in [2.45, 2.75) is 32.2 Å². The normalized spacial score (nSPS) is 24.7. The van der Waals surface area contributed by atoms with E-state index in [0.717, 1.165) is 38.4 Å². The van der Waals surface area contributed by atoms with E-state index in [0.29, 0.717) is 5.41 Å². The Balaban J connectivity index is 1.66. The molecule has 1 saturated carbocycles. The number of benzene rings is 1. The summed E-state index contributed by atoms with van der Waals surface area (Å²) in [5, 5.41) is 0. The summed E-state index contributed by atoms with van der Waals surface area (Å²) in [6.07, 6.45) is 2.58. The van der Waals surface area contributed by atoms with E-state index in [1.807, 2.05) is 12.1 Å². The fourth-order valence-electron chi connectivity index (χ4n) is 3.59. The lowest BCUT2D eigenvalue weighted by atomic mass is 9.81. The first-order valence-corrected chi connectivity index (χ1v) is 7.94. The highest BCUT2D eigenvalue weighted by molar-refractivity contribution is 5.46. The molecule has 21 heavy (non-hydrogen) atoms. The third-order valence-corrected chi connectivity index (χ3v) is 5.87. The van der Waals surface area contributed by atoms with Crippen LogP contribution in [0.5, 0.6) is 0 Å². The Morgan fingerprint density at radius 2 is 1.71 bits per heavy atom. The average molecular weight is 291 g/mol. The zero-order chi connectivity index (χ0) is 15.1. The van der Waals surface area contributed by atoms with Crippen LogP contribution in [0.4, 0.5) is 10.1 Å². The molecule has 0 spiro atoms. The summed E-state index contributed by atoms with van der Waals surface area (Å²) >= 11 is 0. The average Bonchev–Trinajstić information content (AvgIpc) is 3.27. The summed E-state index contributed by atoms with van der Waals surface area (Å²) in [5.74, 6) is -0.172. The number of hydrogen-bond donors (Lipinski definition) is 1. The summed E-state index contributed by atoms with van der Waals surface area (Å²) in [6, 6.07) is 6.82. The summed E-state index contributed by atoms with van der Waals surface area (Å²) < 4.78 is 13.0. The van der Waals surface area contributed by atoms with E-state index in [2.05, 4.69) is 23.6 Å². The Morgan fingerprint density at radius 1 is 1.14 bits per heavy atom. The Hall–Kier alpha value is -1.13. The van der Waals surface area contributed by atoms with Crippen LogP contribution in [0, 0.1) is 11.2 Å². The number of nitrogens with two attached hydrogens (primary N) is 1. The van der Waals surface area contributed by atoms with Crippen LogP contribution in [-0.2, 0) is 0 Å². The standard InChI is InChI=1S/C17H26FN3/c1-16(7-8-16)17(2,13-19)21-11-9-20(10-12-21)15-5-3-14(18)4-6-15/h3-6H,7-13,19H2,1-2H3. The van der Waals surface area contributed by atoms with Crippen LogP contribution in [0.15, 0.2) is 24.3 Å². The molecule has 4 heteroatoms. The highest BCUT2D eigenvalue weighted by Crippen LogP contribution is 2.55. The maximum absolute atomic E-state index is 13.0. The van der Waals surface area contributed by atoms with Crippen LogP contribution in [0.2, 0.25) is 0 Å². The minimum absolute atomic E-state index is 0.113. The van der Waals surface area contributed by atoms with E-state index in [1.54, 1.807) is 0 Å². The lowest BCUT2D eigenvalue weighted by Crippen LogP contribution is -2.62. The van der Waals surface area contributed by atoms with Gasteiger partial charge in [-0.25, -0.2) is 4.39 Å². The van der Waals surface area contributed by atoms with Crippen molar-refractivity contribution in [1.82, 2.24) is 4.90 Å². The molecule has 1 aliphatic carbocycles. The third kappa shape index (κ3) is 2.55. The van der Waals surface area contributed by atoms with Gasteiger partial charge in [0, 0.05) is 44.0 Å². The molecule has 0 amide bonds. The molecule has 1 aliphatic heterocycles. The number of hydrogen-bond acceptors (Lipinski definition) is 3. The second-order valence-electron chi connectivity index (χ2n) is 6.99. The van der Waals surface area contributed by atoms with Crippen molar-refractivity contribution in [1.29, 1.82) is 0 Å². The van der Waals surface area contributed by atoms with Gasteiger partial charge in [-0.1, -0.05) is 6.92 Å². The van der Waals surface area contributed by atoms with E-state index in [-0.39, 0.29) is 11.4 Å². The molecular formula is C17H26FN3. The minimum Gasteiger partial charge on any atom is -0.369 e. The Kier molecular flexibility index (Phi) is 3.70. The molecule has 3 nitrogen and oxygen atoms in total. The Bertz CT molecular complexity index is 489. The molecule has 1 aromatic carbocycles. The van der Waals surface area contributed by atoms with Gasteiger partial charge in [-0.05, 0) is 49.4 Å². The fourth-order valence-corrected chi connectivity index (χ4v) is 3.59. The summed E-state index contributed by atoms with van der Waals surface area (Å²) in [5.41, 5.74) is 7.75. The van der Waals surface area contributed by atoms with Crippen molar-refractivity contribution < 1.29 is 4.39 Å². The summed E-state index contributed by atoms with van der Waals surface area (Å²) in [7, 11) is 0. The monoisotopic (exact) mass is 291 g/mol. The van der Waals surface area contributed by atoms with Gasteiger partial charge in [0.05, 0.1) is 0 Å². The molecule has 0 bridgehead atoms. The number of nitrogens with zero attached hydrogens (tertiary/aromatic N) is 2. The highest BCUT2D eigenvalue weighted by atomic mass is 19.1. The molecule has 3 rings (SSSR count). The lowest BCUT2D eigenvalue weighted by molar-refractivity contribution is 0.0425. The SMILES string of the molecule is CC1(C(C)(CN)N2CCN(c3ccc(F)cc3)CC2)CC1. The van der Waals surface area contributed by atoms with E-state index in [9.17, 15) is 4.39 Å². The number of halogens is 1. The lowest BCUT2D eigenvalue weighted by Gasteiger charge is -2.49. The van der Waals surface area contributed by atoms with Crippen LogP contribution in [0.1, 0.15) is 26.7 Å². The van der Waals surface area contributed by atoms with Gasteiger partial charge in [0.25, 0.3) is 0 Å². The predicted octanol–water partition coefficient (Wildman–Crippen LogP) is 2.47. The first kappa shape index (κ1) is 14.8. The summed E-state index contributed by atoms with van der Waals surface area (Å²) in [4.78, 5) is 4.90. The smallest absolute Gasteiger partial charge is 0.123 e. The zero-order valence-corrected chi connectivity index (χ0v) is 13.1. The van der Waals surface area contributed by atoms with Crippen LogP contribution in [-0.4, -0.2) is 43.2 Å². The van der Waals surface area contributed by atoms with Crippen molar-refractivity contribution in [3.63, 3.8) is 0 Å². The highest BCUT2D eigenvalue weighted by Gasteiger charge is 2.55. The van der Waals surface area contributed by atoms with Crippen LogP contribution < -0.4 is 10.6 Å². The first-order chi connectivity index (χ1) is 9.98. The maximum Gasteiger partial charge on any atom is 0.123 e. The molecule has 1 aromatic rings. The van der Waals surface area contributed by atoms with Crippen molar-refractivity contribution >= 4 is 5.69 Å². The van der Waals surface area contributed by atoms with Crippen molar-refractivity contribution in [3.05, 3.63) is 30.1 Å². The second kappa shape index (κ2) is 5.25. The minimum atomic E-state index is -0.172. The van der Waals surface area contributed by atoms with Gasteiger partial charge in [0.15, 0.2) is 0 Å². The van der Waals surface area contributed by atoms with Gasteiger partial charge in [0.1, 0.15) is 5.82 Å². The molecule has 0 aromatic heterocycles. The topological polar surface area (TPSA) is 32.5 Å². The van der Waals surface area contributed by atoms with Gasteiger partial charge in [-0.3, -0.25) is 4.90 Å². The molecule has 1 heterocycles. The molecule has 0 radical (unpaired) electrons. The van der Waals surface area contributed by atoms with Gasteiger partial charge in [-0.2, -0.15) is 0 Å². The second-order valence-corrected chi connectivity index (χ2v) is 6.99. The van der Waals surface area contributed by atoms with Crippen molar-refractivity contribution in [2.75, 3.05) is 37.6 Å². The van der Waals surface area contributed by atoms with Gasteiger partial charge in [-0.15, -0.1) is 0 Å². The maximum atomic E-state index is 13.0. The van der Waals surface area contributed by atoms with E-state index in [4.69, 9.17) is 5.73 Å². The quantitative estimate of drug-likeness (QED) is 0.925. The molecule has 1 unspecified atom stereocenters. The fraction of sp³-hybridized carbons (Fsp3) is 0.647. The Morgan fingerprint density at radius 3 is 2.19 bits per heavy atom. The molecule has 2 fully saturated rings. The summed E-state index contributed by atoms with van der Waals surface area (Å²) in [6.45, 7) is 9.44. The van der Waals surface area contributed by atoms with E-state index < -0.39 is 0 Å². The molecule has 116 valence electrons. The zero-order valence-electron chi connectivity index (χ0n) is 13.1. The number of piperazine rings is 1. The molecule has 2 N–H and O–H groups in total. The number of anilines is 1. The van der Waals surface area contributed by atoms with E-state index >= 15 is 0 Å². The molecule has 1 saturated heterocycles. The van der Waals surface area contributed by atoms with Crippen LogP contribution >= 0.6 is 0 Å². The Labute approximate surface area is 126 Å². The van der Waals surface area contributed by atoms with Crippen LogP contribution in [0.3, 0.4) is 0 Å². The first-order valence-electron chi connectivity index (χ1n) is 7.94. The van der Waals surface area contributed by atoms with Crippen molar-refractivity contribution in [3.8, 4) is 0 Å². The van der Waals surface area contributed by atoms with Crippen LogP contribution in [0.25, 0.3) is 0 Å². The molecular weight excluding hydrogens is 265 g/mol. The van der Waals surface area contributed by atoms with Gasteiger partial charge >= 0.3 is 0 Å². The molecule has 1 atom stereocenters.